The number of aromatic nitrogens is 2. The van der Waals surface area contributed by atoms with Crippen molar-refractivity contribution in [3.8, 4) is 0 Å². The third kappa shape index (κ3) is 3.17. The third-order valence-electron chi connectivity index (χ3n) is 3.96. The van der Waals surface area contributed by atoms with Crippen molar-refractivity contribution in [3.05, 3.63) is 10.6 Å². The molecule has 112 valence electrons. The number of nitrogens with zero attached hydrogens (tertiary/aromatic N) is 3. The molecule has 2 heterocycles. The fourth-order valence-electron chi connectivity index (χ4n) is 2.59. The minimum atomic E-state index is -0.151. The number of piperidine rings is 1. The molecule has 1 fully saturated rings. The smallest absolute Gasteiger partial charge is 0.267 e. The maximum atomic E-state index is 12.6. The van der Waals surface area contributed by atoms with E-state index in [2.05, 4.69) is 30.4 Å². The topological polar surface area (TPSA) is 72.1 Å². The molecule has 0 aromatic carbocycles. The molecule has 5 nitrogen and oxygen atoms in total. The number of hydrogen-bond acceptors (Lipinski definition) is 5. The number of rotatable bonds is 2. The summed E-state index contributed by atoms with van der Waals surface area (Å²) in [5.74, 6) is 0.605. The normalized spacial score (nSPS) is 19.1. The third-order valence-corrected chi connectivity index (χ3v) is 4.68. The average Bonchev–Trinajstić information content (AvgIpc) is 2.87. The zero-order valence-electron chi connectivity index (χ0n) is 12.7. The highest BCUT2D eigenvalue weighted by Gasteiger charge is 2.31. The Labute approximate surface area is 124 Å². The van der Waals surface area contributed by atoms with Gasteiger partial charge in [0.15, 0.2) is 0 Å². The van der Waals surface area contributed by atoms with Gasteiger partial charge in [-0.25, -0.2) is 0 Å². The van der Waals surface area contributed by atoms with E-state index < -0.39 is 0 Å². The molecule has 1 aliphatic rings. The molecule has 0 radical (unpaired) electrons. The monoisotopic (exact) mass is 296 g/mol. The molecule has 2 rings (SSSR count). The van der Waals surface area contributed by atoms with Crippen LogP contribution in [-0.4, -0.2) is 39.5 Å². The van der Waals surface area contributed by atoms with Crippen LogP contribution in [0.1, 0.15) is 55.9 Å². The van der Waals surface area contributed by atoms with Gasteiger partial charge in [-0.05, 0) is 37.2 Å². The maximum Gasteiger partial charge on any atom is 0.267 e. The zero-order valence-corrected chi connectivity index (χ0v) is 13.5. The zero-order chi connectivity index (χ0) is 14.9. The lowest BCUT2D eigenvalue weighted by molar-refractivity contribution is 0.0683. The van der Waals surface area contributed by atoms with Gasteiger partial charge >= 0.3 is 0 Å². The van der Waals surface area contributed by atoms with Crippen LogP contribution in [0.3, 0.4) is 0 Å². The molecule has 1 aromatic rings. The number of amides is 1. The first kappa shape index (κ1) is 15.4. The predicted octanol–water partition coefficient (Wildman–Crippen LogP) is 2.03. The van der Waals surface area contributed by atoms with Crippen LogP contribution in [-0.2, 0) is 5.41 Å². The van der Waals surface area contributed by atoms with Crippen LogP contribution in [0.2, 0.25) is 0 Å². The van der Waals surface area contributed by atoms with Crippen molar-refractivity contribution in [2.45, 2.75) is 52.0 Å². The van der Waals surface area contributed by atoms with Crippen molar-refractivity contribution < 1.29 is 4.79 Å². The first-order chi connectivity index (χ1) is 9.30. The van der Waals surface area contributed by atoms with Crippen LogP contribution in [0, 0.1) is 5.92 Å². The Morgan fingerprint density at radius 3 is 2.50 bits per heavy atom. The van der Waals surface area contributed by atoms with Gasteiger partial charge in [-0.1, -0.05) is 25.3 Å². The molecule has 1 amide bonds. The van der Waals surface area contributed by atoms with Gasteiger partial charge in [0.2, 0.25) is 0 Å². The van der Waals surface area contributed by atoms with Crippen LogP contribution in [0.4, 0.5) is 0 Å². The van der Waals surface area contributed by atoms with Crippen molar-refractivity contribution >= 4 is 17.4 Å². The highest BCUT2D eigenvalue weighted by molar-refractivity contribution is 7.08. The summed E-state index contributed by atoms with van der Waals surface area (Å²) >= 11 is 1.21. The van der Waals surface area contributed by atoms with Gasteiger partial charge < -0.3 is 10.6 Å². The highest BCUT2D eigenvalue weighted by Crippen LogP contribution is 2.28. The number of carbonyl (C=O) groups excluding carboxylic acids is 1. The Morgan fingerprint density at radius 1 is 1.40 bits per heavy atom. The summed E-state index contributed by atoms with van der Waals surface area (Å²) < 4.78 is 3.97. The van der Waals surface area contributed by atoms with Crippen molar-refractivity contribution in [2.24, 2.45) is 11.7 Å². The molecule has 1 aliphatic heterocycles. The highest BCUT2D eigenvalue weighted by atomic mass is 32.1. The van der Waals surface area contributed by atoms with Crippen LogP contribution in [0.25, 0.3) is 0 Å². The van der Waals surface area contributed by atoms with Gasteiger partial charge in [-0.2, -0.15) is 0 Å². The Bertz CT molecular complexity index is 470. The lowest BCUT2D eigenvalue weighted by Gasteiger charge is -2.33. The van der Waals surface area contributed by atoms with E-state index in [1.165, 1.54) is 11.5 Å². The summed E-state index contributed by atoms with van der Waals surface area (Å²) in [5.41, 5.74) is 6.60. The SMILES string of the molecule is CC(N)C1CCN(C(=O)c2snnc2C(C)(C)C)CC1. The average molecular weight is 296 g/mol. The van der Waals surface area contributed by atoms with Crippen molar-refractivity contribution in [1.82, 2.24) is 14.5 Å². The van der Waals surface area contributed by atoms with Crippen LogP contribution in [0.5, 0.6) is 0 Å². The second kappa shape index (κ2) is 5.77. The molecule has 0 saturated carbocycles. The summed E-state index contributed by atoms with van der Waals surface area (Å²) in [6, 6.07) is 0.211. The van der Waals surface area contributed by atoms with Gasteiger partial charge in [0, 0.05) is 24.5 Å². The second-order valence-corrected chi connectivity index (χ2v) is 7.44. The van der Waals surface area contributed by atoms with E-state index in [0.29, 0.717) is 10.8 Å². The molecule has 1 saturated heterocycles. The van der Waals surface area contributed by atoms with Gasteiger partial charge in [0.1, 0.15) is 4.88 Å². The standard InChI is InChI=1S/C14H24N4OS/c1-9(15)10-5-7-18(8-6-10)13(19)11-12(14(2,3)4)16-17-20-11/h9-10H,5-8,15H2,1-4H3. The Kier molecular flexibility index (Phi) is 4.44. The van der Waals surface area contributed by atoms with Crippen molar-refractivity contribution in [3.63, 3.8) is 0 Å². The maximum absolute atomic E-state index is 12.6. The minimum Gasteiger partial charge on any atom is -0.338 e. The molecule has 0 bridgehead atoms. The van der Waals surface area contributed by atoms with Crippen LogP contribution >= 0.6 is 11.5 Å². The molecular weight excluding hydrogens is 272 g/mol. The van der Waals surface area contributed by atoms with Gasteiger partial charge in [-0.3, -0.25) is 4.79 Å². The van der Waals surface area contributed by atoms with E-state index in [0.717, 1.165) is 31.6 Å². The molecule has 1 atom stereocenters. The van der Waals surface area contributed by atoms with E-state index >= 15 is 0 Å². The Morgan fingerprint density at radius 2 is 2.00 bits per heavy atom. The second-order valence-electron chi connectivity index (χ2n) is 6.69. The molecule has 1 aromatic heterocycles. The molecule has 0 spiro atoms. The quantitative estimate of drug-likeness (QED) is 0.906. The van der Waals surface area contributed by atoms with E-state index in [1.807, 2.05) is 11.8 Å². The van der Waals surface area contributed by atoms with E-state index in [4.69, 9.17) is 5.73 Å². The fourth-order valence-corrected chi connectivity index (χ4v) is 3.44. The van der Waals surface area contributed by atoms with Crippen molar-refractivity contribution in [1.29, 1.82) is 0 Å². The van der Waals surface area contributed by atoms with Gasteiger partial charge in [-0.15, -0.1) is 5.10 Å². The molecule has 2 N–H and O–H groups in total. The number of nitrogens with two attached hydrogens (primary N) is 1. The summed E-state index contributed by atoms with van der Waals surface area (Å²) in [6.07, 6.45) is 1.97. The molecular formula is C14H24N4OS. The van der Waals surface area contributed by atoms with Crippen LogP contribution in [0.15, 0.2) is 0 Å². The summed E-state index contributed by atoms with van der Waals surface area (Å²) in [4.78, 5) is 15.2. The molecule has 1 unspecified atom stereocenters. The Balaban J connectivity index is 2.08. The lowest BCUT2D eigenvalue weighted by Crippen LogP contribution is -2.42. The van der Waals surface area contributed by atoms with Crippen LogP contribution < -0.4 is 5.73 Å². The van der Waals surface area contributed by atoms with E-state index in [1.54, 1.807) is 0 Å². The largest absolute Gasteiger partial charge is 0.338 e. The first-order valence-electron chi connectivity index (χ1n) is 7.18. The predicted molar refractivity (Wildman–Crippen MR) is 80.9 cm³/mol. The summed E-state index contributed by atoms with van der Waals surface area (Å²) in [6.45, 7) is 9.79. The summed E-state index contributed by atoms with van der Waals surface area (Å²) in [5, 5.41) is 4.15. The fraction of sp³-hybridized carbons (Fsp3) is 0.786. The molecule has 0 aliphatic carbocycles. The lowest BCUT2D eigenvalue weighted by atomic mass is 9.89. The molecule has 6 heteroatoms. The van der Waals surface area contributed by atoms with Crippen molar-refractivity contribution in [2.75, 3.05) is 13.1 Å². The van der Waals surface area contributed by atoms with E-state index in [-0.39, 0.29) is 17.4 Å². The Hall–Kier alpha value is -1.01. The minimum absolute atomic E-state index is 0.0769. The first-order valence-corrected chi connectivity index (χ1v) is 7.95. The molecule has 20 heavy (non-hydrogen) atoms. The van der Waals surface area contributed by atoms with Gasteiger partial charge in [0.25, 0.3) is 5.91 Å². The number of likely N-dealkylation sites (tertiary alicyclic amines) is 1. The summed E-state index contributed by atoms with van der Waals surface area (Å²) in [7, 11) is 0. The number of hydrogen-bond donors (Lipinski definition) is 1. The van der Waals surface area contributed by atoms with E-state index in [9.17, 15) is 4.79 Å². The number of carbonyl (C=O) groups is 1. The van der Waals surface area contributed by atoms with Gasteiger partial charge in [0.05, 0.1) is 5.69 Å².